The van der Waals surface area contributed by atoms with Gasteiger partial charge in [-0.05, 0) is 29.4 Å². The van der Waals surface area contributed by atoms with Gasteiger partial charge in [0.25, 0.3) is 5.69 Å². The molecule has 1 aromatic rings. The number of benzene rings is 1. The Balaban J connectivity index is 3.03. The number of carbonyl (C=O) groups excluding carboxylic acids is 1. The Morgan fingerprint density at radius 2 is 2.05 bits per heavy atom. The molecule has 0 unspecified atom stereocenters. The van der Waals surface area contributed by atoms with E-state index in [0.29, 0.717) is 5.56 Å². The second-order valence-corrected chi connectivity index (χ2v) is 4.26. The summed E-state index contributed by atoms with van der Waals surface area (Å²) in [4.78, 5) is 21.5. The van der Waals surface area contributed by atoms with E-state index in [1.165, 1.54) is 48.5 Å². The van der Waals surface area contributed by atoms with Crippen LogP contribution in [0.1, 0.15) is 11.7 Å². The molecular weight excluding hydrogens is 270 g/mol. The summed E-state index contributed by atoms with van der Waals surface area (Å²) >= 11 is 1.25. The molecule has 0 aliphatic heterocycles. The Labute approximate surface area is 114 Å². The molecule has 1 rings (SSSR count). The Bertz CT molecular complexity index is 497. The highest BCUT2D eigenvalue weighted by molar-refractivity contribution is 8.01. The van der Waals surface area contributed by atoms with Gasteiger partial charge in [-0.1, -0.05) is 0 Å². The van der Waals surface area contributed by atoms with Gasteiger partial charge in [-0.3, -0.25) is 10.1 Å². The minimum absolute atomic E-state index is 0.0792. The van der Waals surface area contributed by atoms with Crippen molar-refractivity contribution in [3.8, 4) is 0 Å². The van der Waals surface area contributed by atoms with E-state index in [9.17, 15) is 20.0 Å². The Morgan fingerprint density at radius 1 is 1.47 bits per heavy atom. The van der Waals surface area contributed by atoms with E-state index in [2.05, 4.69) is 4.74 Å². The zero-order valence-corrected chi connectivity index (χ0v) is 11.2. The first kappa shape index (κ1) is 15.2. The first-order chi connectivity index (χ1) is 9.01. The quantitative estimate of drug-likeness (QED) is 0.385. The van der Waals surface area contributed by atoms with E-state index >= 15 is 0 Å². The zero-order valence-electron chi connectivity index (χ0n) is 10.4. The largest absolute Gasteiger partial charge is 0.466 e. The SMILES string of the molecule is COC(=O)/C(=C\SC)[C@@H](O)c1ccc([N+](=O)[O-])cc1. The lowest BCUT2D eigenvalue weighted by Crippen LogP contribution is -2.13. The second-order valence-electron chi connectivity index (χ2n) is 3.55. The fourth-order valence-electron chi connectivity index (χ4n) is 1.43. The predicted octanol–water partition coefficient (Wildman–Crippen LogP) is 2.05. The van der Waals surface area contributed by atoms with E-state index in [1.807, 2.05) is 0 Å². The summed E-state index contributed by atoms with van der Waals surface area (Å²) in [5.74, 6) is -0.639. The minimum atomic E-state index is -1.18. The lowest BCUT2D eigenvalue weighted by Gasteiger charge is -2.13. The van der Waals surface area contributed by atoms with Crippen molar-refractivity contribution in [1.29, 1.82) is 0 Å². The summed E-state index contributed by atoms with van der Waals surface area (Å²) in [6, 6.07) is 5.35. The maximum atomic E-state index is 11.5. The predicted molar refractivity (Wildman–Crippen MR) is 71.7 cm³/mol. The number of esters is 1. The molecule has 1 aromatic carbocycles. The van der Waals surface area contributed by atoms with Gasteiger partial charge in [-0.25, -0.2) is 4.79 Å². The molecular formula is C12H13NO5S. The van der Waals surface area contributed by atoms with Crippen molar-refractivity contribution < 1.29 is 19.6 Å². The third-order valence-electron chi connectivity index (χ3n) is 2.38. The summed E-state index contributed by atoms with van der Waals surface area (Å²) in [5.41, 5.74) is 0.393. The highest BCUT2D eigenvalue weighted by atomic mass is 32.2. The van der Waals surface area contributed by atoms with Crippen LogP contribution in [0.3, 0.4) is 0 Å². The maximum Gasteiger partial charge on any atom is 0.337 e. The Kier molecular flexibility index (Phi) is 5.53. The molecule has 102 valence electrons. The monoisotopic (exact) mass is 283 g/mol. The van der Waals surface area contributed by atoms with E-state index < -0.39 is 17.0 Å². The molecule has 6 nitrogen and oxygen atoms in total. The third-order valence-corrected chi connectivity index (χ3v) is 2.87. The smallest absolute Gasteiger partial charge is 0.337 e. The van der Waals surface area contributed by atoms with E-state index in [1.54, 1.807) is 6.26 Å². The Hall–Kier alpha value is -1.86. The van der Waals surface area contributed by atoms with Gasteiger partial charge in [0.1, 0.15) is 6.10 Å². The van der Waals surface area contributed by atoms with Gasteiger partial charge in [0.05, 0.1) is 17.6 Å². The summed E-state index contributed by atoms with van der Waals surface area (Å²) in [6.07, 6.45) is 0.562. The van der Waals surface area contributed by atoms with Crippen LogP contribution in [0.15, 0.2) is 35.2 Å². The molecule has 0 saturated heterocycles. The number of aliphatic hydroxyl groups is 1. The number of nitro benzene ring substituents is 1. The summed E-state index contributed by atoms with van der Waals surface area (Å²) in [7, 11) is 1.22. The molecule has 1 N–H and O–H groups in total. The fraction of sp³-hybridized carbons (Fsp3) is 0.250. The second kappa shape index (κ2) is 6.91. The molecule has 19 heavy (non-hydrogen) atoms. The number of nitrogens with zero attached hydrogens (tertiary/aromatic N) is 1. The van der Waals surface area contributed by atoms with Crippen LogP contribution >= 0.6 is 11.8 Å². The molecule has 1 atom stereocenters. The topological polar surface area (TPSA) is 89.7 Å². The van der Waals surface area contributed by atoms with Crippen LogP contribution in [0.2, 0.25) is 0 Å². The highest BCUT2D eigenvalue weighted by Gasteiger charge is 2.21. The molecule has 0 radical (unpaired) electrons. The minimum Gasteiger partial charge on any atom is -0.466 e. The molecule has 7 heteroatoms. The van der Waals surface area contributed by atoms with Gasteiger partial charge in [-0.15, -0.1) is 11.8 Å². The first-order valence-corrected chi connectivity index (χ1v) is 6.53. The van der Waals surface area contributed by atoms with Crippen LogP contribution in [0.25, 0.3) is 0 Å². The summed E-state index contributed by atoms with van der Waals surface area (Å²) in [5, 5.41) is 22.1. The van der Waals surface area contributed by atoms with Crippen LogP contribution in [0, 0.1) is 10.1 Å². The lowest BCUT2D eigenvalue weighted by molar-refractivity contribution is -0.384. The van der Waals surface area contributed by atoms with Gasteiger partial charge in [0.15, 0.2) is 0 Å². The number of non-ortho nitro benzene ring substituents is 1. The number of ether oxygens (including phenoxy) is 1. The van der Waals surface area contributed by atoms with E-state index in [4.69, 9.17) is 0 Å². The van der Waals surface area contributed by atoms with Crippen molar-refractivity contribution in [2.45, 2.75) is 6.10 Å². The maximum absolute atomic E-state index is 11.5. The zero-order chi connectivity index (χ0) is 14.4. The fourth-order valence-corrected chi connectivity index (χ4v) is 1.91. The number of thioether (sulfide) groups is 1. The molecule has 0 fully saturated rings. The molecule has 0 amide bonds. The van der Waals surface area contributed by atoms with E-state index in [-0.39, 0.29) is 11.3 Å². The summed E-state index contributed by atoms with van der Waals surface area (Å²) in [6.45, 7) is 0. The lowest BCUT2D eigenvalue weighted by atomic mass is 10.0. The van der Waals surface area contributed by atoms with Crippen LogP contribution < -0.4 is 0 Å². The highest BCUT2D eigenvalue weighted by Crippen LogP contribution is 2.26. The number of methoxy groups -OCH3 is 1. The number of nitro groups is 1. The van der Waals surface area contributed by atoms with Crippen molar-refractivity contribution in [3.63, 3.8) is 0 Å². The van der Waals surface area contributed by atoms with E-state index in [0.717, 1.165) is 0 Å². The molecule has 0 bridgehead atoms. The molecule has 0 aromatic heterocycles. The standard InChI is InChI=1S/C12H13NO5S/c1-18-12(15)10(7-19-2)11(14)8-3-5-9(6-4-8)13(16)17/h3-7,11,14H,1-2H3/b10-7-/t11-/m0/s1. The molecule has 0 spiro atoms. The van der Waals surface area contributed by atoms with Crippen molar-refractivity contribution in [2.24, 2.45) is 0 Å². The van der Waals surface area contributed by atoms with Crippen molar-refractivity contribution in [2.75, 3.05) is 13.4 Å². The van der Waals surface area contributed by atoms with Crippen LogP contribution in [0.5, 0.6) is 0 Å². The molecule has 0 heterocycles. The number of rotatable bonds is 5. The number of aliphatic hydroxyl groups excluding tert-OH is 1. The van der Waals surface area contributed by atoms with Gasteiger partial charge in [0.2, 0.25) is 0 Å². The average Bonchev–Trinajstić information content (AvgIpc) is 2.43. The number of carbonyl (C=O) groups is 1. The first-order valence-electron chi connectivity index (χ1n) is 5.24. The normalized spacial score (nSPS) is 12.9. The number of hydrogen-bond donors (Lipinski definition) is 1. The van der Waals surface area contributed by atoms with Gasteiger partial charge in [0, 0.05) is 12.1 Å². The molecule has 0 saturated carbocycles. The van der Waals surface area contributed by atoms with Crippen molar-refractivity contribution in [1.82, 2.24) is 0 Å². The van der Waals surface area contributed by atoms with Crippen molar-refractivity contribution in [3.05, 3.63) is 50.9 Å². The Morgan fingerprint density at radius 3 is 2.47 bits per heavy atom. The number of hydrogen-bond acceptors (Lipinski definition) is 6. The van der Waals surface area contributed by atoms with Crippen molar-refractivity contribution >= 4 is 23.4 Å². The van der Waals surface area contributed by atoms with Gasteiger partial charge in [-0.2, -0.15) is 0 Å². The van der Waals surface area contributed by atoms with Gasteiger partial charge < -0.3 is 9.84 Å². The molecule has 0 aliphatic rings. The van der Waals surface area contributed by atoms with Crippen LogP contribution in [0.4, 0.5) is 5.69 Å². The van der Waals surface area contributed by atoms with Crippen LogP contribution in [-0.4, -0.2) is 29.4 Å². The third kappa shape index (κ3) is 3.80. The average molecular weight is 283 g/mol. The van der Waals surface area contributed by atoms with Gasteiger partial charge >= 0.3 is 5.97 Å². The summed E-state index contributed by atoms with van der Waals surface area (Å²) < 4.78 is 4.58. The molecule has 0 aliphatic carbocycles. The van der Waals surface area contributed by atoms with Crippen LogP contribution in [-0.2, 0) is 9.53 Å².